The van der Waals surface area contributed by atoms with E-state index in [4.69, 9.17) is 4.74 Å². The number of ether oxygens (including phenoxy) is 1. The van der Waals surface area contributed by atoms with Crippen molar-refractivity contribution < 1.29 is 19.1 Å². The van der Waals surface area contributed by atoms with E-state index in [1.807, 2.05) is 47.0 Å². The van der Waals surface area contributed by atoms with Gasteiger partial charge in [-0.15, -0.1) is 0 Å². The van der Waals surface area contributed by atoms with E-state index in [2.05, 4.69) is 15.6 Å². The Balaban J connectivity index is 1.25. The van der Waals surface area contributed by atoms with Crippen molar-refractivity contribution >= 4 is 28.9 Å². The summed E-state index contributed by atoms with van der Waals surface area (Å²) in [5, 5.41) is 5.53. The Labute approximate surface area is 185 Å². The number of urea groups is 1. The van der Waals surface area contributed by atoms with Crippen molar-refractivity contribution in [2.45, 2.75) is 32.0 Å². The monoisotopic (exact) mass is 435 g/mol. The molecule has 9 heteroatoms. The lowest BCUT2D eigenvalue weighted by Gasteiger charge is -2.15. The summed E-state index contributed by atoms with van der Waals surface area (Å²) in [6.45, 7) is 1.17. The number of rotatable bonds is 9. The van der Waals surface area contributed by atoms with E-state index in [0.29, 0.717) is 18.8 Å². The number of benzene rings is 2. The summed E-state index contributed by atoms with van der Waals surface area (Å²) in [5.74, 6) is 0.111. The Hall–Kier alpha value is -3.88. The average Bonchev–Trinajstić information content (AvgIpc) is 3.34. The molecule has 1 aliphatic heterocycles. The van der Waals surface area contributed by atoms with Crippen LogP contribution in [0.5, 0.6) is 5.75 Å². The van der Waals surface area contributed by atoms with Crippen molar-refractivity contribution in [3.63, 3.8) is 0 Å². The molecule has 1 unspecified atom stereocenters. The van der Waals surface area contributed by atoms with Gasteiger partial charge in [-0.1, -0.05) is 30.3 Å². The fourth-order valence-corrected chi connectivity index (χ4v) is 3.79. The Bertz CT molecular complexity index is 1140. The summed E-state index contributed by atoms with van der Waals surface area (Å²) >= 11 is 0. The van der Waals surface area contributed by atoms with Crippen LogP contribution in [-0.2, 0) is 22.7 Å². The molecule has 0 spiro atoms. The van der Waals surface area contributed by atoms with Gasteiger partial charge >= 0.3 is 6.03 Å². The number of aromatic nitrogens is 2. The lowest BCUT2D eigenvalue weighted by molar-refractivity contribution is -0.128. The van der Waals surface area contributed by atoms with Crippen LogP contribution in [0.15, 0.2) is 54.9 Å². The number of hydrogen-bond acceptors (Lipinski definition) is 5. The fourth-order valence-electron chi connectivity index (χ4n) is 3.79. The molecular formula is C23H25N5O4. The third kappa shape index (κ3) is 4.56. The Morgan fingerprint density at radius 2 is 1.94 bits per heavy atom. The van der Waals surface area contributed by atoms with Crippen LogP contribution in [0.1, 0.15) is 18.4 Å². The number of carbonyl (C=O) groups excluding carboxylic acids is 3. The first-order valence-electron chi connectivity index (χ1n) is 10.5. The predicted octanol–water partition coefficient (Wildman–Crippen LogP) is 2.06. The number of nitrogens with one attached hydrogen (secondary N) is 2. The molecule has 9 nitrogen and oxygen atoms in total. The van der Waals surface area contributed by atoms with Crippen molar-refractivity contribution in [3.05, 3.63) is 60.4 Å². The van der Waals surface area contributed by atoms with Crippen molar-refractivity contribution in [2.75, 3.05) is 13.7 Å². The molecule has 1 aliphatic rings. The normalized spacial score (nSPS) is 15.8. The number of hydrogen-bond donors (Lipinski definition) is 2. The molecule has 1 fully saturated rings. The second-order valence-electron chi connectivity index (χ2n) is 7.55. The van der Waals surface area contributed by atoms with E-state index < -0.39 is 12.1 Å². The summed E-state index contributed by atoms with van der Waals surface area (Å²) in [7, 11) is 1.54. The summed E-state index contributed by atoms with van der Waals surface area (Å²) in [6.07, 6.45) is 2.14. The summed E-state index contributed by atoms with van der Waals surface area (Å²) in [6, 6.07) is 13.9. The minimum atomic E-state index is -0.708. The van der Waals surface area contributed by atoms with Gasteiger partial charge in [0.25, 0.3) is 5.91 Å². The largest absolute Gasteiger partial charge is 0.496 e. The molecule has 3 aromatic rings. The van der Waals surface area contributed by atoms with Gasteiger partial charge in [0.1, 0.15) is 11.8 Å². The molecule has 0 aliphatic carbocycles. The first-order valence-corrected chi connectivity index (χ1v) is 10.5. The summed E-state index contributed by atoms with van der Waals surface area (Å²) in [4.78, 5) is 42.7. The lowest BCUT2D eigenvalue weighted by atomic mass is 10.1. The van der Waals surface area contributed by atoms with Crippen LogP contribution in [0.4, 0.5) is 4.79 Å². The zero-order valence-electron chi connectivity index (χ0n) is 17.8. The molecular weight excluding hydrogens is 410 g/mol. The highest BCUT2D eigenvalue weighted by molar-refractivity contribution is 6.04. The zero-order chi connectivity index (χ0) is 22.5. The first kappa shape index (κ1) is 21.4. The van der Waals surface area contributed by atoms with Crippen LogP contribution < -0.4 is 15.4 Å². The predicted molar refractivity (Wildman–Crippen MR) is 118 cm³/mol. The number of imidazole rings is 1. The molecule has 2 heterocycles. The van der Waals surface area contributed by atoms with Crippen LogP contribution in [0, 0.1) is 0 Å². The third-order valence-electron chi connectivity index (χ3n) is 5.49. The highest BCUT2D eigenvalue weighted by atomic mass is 16.5. The van der Waals surface area contributed by atoms with Gasteiger partial charge in [0, 0.05) is 25.1 Å². The maximum absolute atomic E-state index is 12.7. The quantitative estimate of drug-likeness (QED) is 0.501. The first-order chi connectivity index (χ1) is 15.6. The summed E-state index contributed by atoms with van der Waals surface area (Å²) < 4.78 is 7.27. The highest BCUT2D eigenvalue weighted by Gasteiger charge is 2.38. The summed E-state index contributed by atoms with van der Waals surface area (Å²) in [5.41, 5.74) is 2.66. The molecule has 0 saturated carbocycles. The van der Waals surface area contributed by atoms with Crippen molar-refractivity contribution in [3.8, 4) is 5.75 Å². The van der Waals surface area contributed by atoms with Gasteiger partial charge in [0.15, 0.2) is 0 Å². The van der Waals surface area contributed by atoms with Gasteiger partial charge in [-0.05, 0) is 24.6 Å². The van der Waals surface area contributed by atoms with Gasteiger partial charge < -0.3 is 19.9 Å². The minimum absolute atomic E-state index is 0.121. The maximum Gasteiger partial charge on any atom is 0.325 e. The SMILES string of the molecule is COc1ccccc1CN1C(=O)NC(CCC(=O)NCCn2cnc3ccccc32)C1=O. The van der Waals surface area contributed by atoms with E-state index in [-0.39, 0.29) is 31.2 Å². The van der Waals surface area contributed by atoms with Gasteiger partial charge in [-0.2, -0.15) is 0 Å². The van der Waals surface area contributed by atoms with Gasteiger partial charge in [-0.3, -0.25) is 14.5 Å². The number of nitrogens with zero attached hydrogens (tertiary/aromatic N) is 3. The molecule has 4 amide bonds. The van der Waals surface area contributed by atoms with E-state index >= 15 is 0 Å². The van der Waals surface area contributed by atoms with Crippen molar-refractivity contribution in [1.82, 2.24) is 25.1 Å². The van der Waals surface area contributed by atoms with Crippen molar-refractivity contribution in [1.29, 1.82) is 0 Å². The number of amides is 4. The molecule has 166 valence electrons. The van der Waals surface area contributed by atoms with Gasteiger partial charge in [0.05, 0.1) is 31.0 Å². The molecule has 1 saturated heterocycles. The lowest BCUT2D eigenvalue weighted by Crippen LogP contribution is -2.33. The number of imide groups is 1. The van der Waals surface area contributed by atoms with Crippen LogP contribution in [0.2, 0.25) is 0 Å². The smallest absolute Gasteiger partial charge is 0.325 e. The second-order valence-corrected chi connectivity index (χ2v) is 7.55. The molecule has 2 aromatic carbocycles. The highest BCUT2D eigenvalue weighted by Crippen LogP contribution is 2.22. The van der Waals surface area contributed by atoms with E-state index in [9.17, 15) is 14.4 Å². The van der Waals surface area contributed by atoms with Crippen LogP contribution >= 0.6 is 0 Å². The van der Waals surface area contributed by atoms with E-state index in [0.717, 1.165) is 21.5 Å². The van der Waals surface area contributed by atoms with E-state index in [1.54, 1.807) is 19.5 Å². The molecule has 0 bridgehead atoms. The fraction of sp³-hybridized carbons (Fsp3) is 0.304. The Morgan fingerprint density at radius 3 is 2.78 bits per heavy atom. The van der Waals surface area contributed by atoms with Gasteiger partial charge in [0.2, 0.25) is 5.91 Å². The topological polar surface area (TPSA) is 106 Å². The molecule has 32 heavy (non-hydrogen) atoms. The van der Waals surface area contributed by atoms with Crippen LogP contribution in [0.25, 0.3) is 11.0 Å². The maximum atomic E-state index is 12.7. The number of para-hydroxylation sites is 3. The molecule has 2 N–H and O–H groups in total. The van der Waals surface area contributed by atoms with Crippen LogP contribution in [0.3, 0.4) is 0 Å². The number of methoxy groups -OCH3 is 1. The minimum Gasteiger partial charge on any atom is -0.496 e. The molecule has 1 aromatic heterocycles. The second kappa shape index (κ2) is 9.51. The Kier molecular flexibility index (Phi) is 6.34. The number of fused-ring (bicyclic) bond motifs is 1. The van der Waals surface area contributed by atoms with Gasteiger partial charge in [-0.25, -0.2) is 9.78 Å². The molecule has 0 radical (unpaired) electrons. The molecule has 4 rings (SSSR count). The van der Waals surface area contributed by atoms with Crippen LogP contribution in [-0.4, -0.2) is 52.0 Å². The third-order valence-corrected chi connectivity index (χ3v) is 5.49. The van der Waals surface area contributed by atoms with Crippen molar-refractivity contribution in [2.24, 2.45) is 0 Å². The standard InChI is InChI=1S/C23H25N5O4/c1-32-20-9-5-2-6-16(20)14-28-22(30)18(26-23(28)31)10-11-21(29)24-12-13-27-15-25-17-7-3-4-8-19(17)27/h2-9,15,18H,10-14H2,1H3,(H,24,29)(H,26,31). The number of carbonyl (C=O) groups is 3. The molecule has 1 atom stereocenters. The Morgan fingerprint density at radius 1 is 1.16 bits per heavy atom. The van der Waals surface area contributed by atoms with E-state index in [1.165, 1.54) is 0 Å². The zero-order valence-corrected chi connectivity index (χ0v) is 17.8. The average molecular weight is 435 g/mol.